The van der Waals surface area contributed by atoms with Crippen LogP contribution in [0.3, 0.4) is 0 Å². The number of aliphatic hydroxyl groups is 1. The van der Waals surface area contributed by atoms with E-state index in [-0.39, 0.29) is 12.2 Å². The Morgan fingerprint density at radius 1 is 1.33 bits per heavy atom. The fourth-order valence-electron chi connectivity index (χ4n) is 1.75. The summed E-state index contributed by atoms with van der Waals surface area (Å²) in [5.41, 5.74) is 6.53. The van der Waals surface area contributed by atoms with Crippen LogP contribution in [0.15, 0.2) is 24.3 Å². The third kappa shape index (κ3) is 2.63. The first-order valence-electron chi connectivity index (χ1n) is 5.73. The Balaban J connectivity index is 3.21. The van der Waals surface area contributed by atoms with E-state index in [1.165, 1.54) is 6.92 Å². The van der Waals surface area contributed by atoms with E-state index in [0.717, 1.165) is 0 Å². The quantitative estimate of drug-likeness (QED) is 0.643. The molecule has 6 heteroatoms. The summed E-state index contributed by atoms with van der Waals surface area (Å²) in [6.07, 6.45) is -1.16. The molecule has 0 spiro atoms. The summed E-state index contributed by atoms with van der Waals surface area (Å²) < 4.78 is 22.3. The summed E-state index contributed by atoms with van der Waals surface area (Å²) in [4.78, 5) is 0. The molecule has 0 saturated carbocycles. The van der Waals surface area contributed by atoms with Crippen molar-refractivity contribution in [2.75, 3.05) is 11.5 Å². The average molecular weight is 292 g/mol. The molecule has 2 unspecified atom stereocenters. The van der Waals surface area contributed by atoms with E-state index in [2.05, 4.69) is 0 Å². The number of sulfone groups is 1. The van der Waals surface area contributed by atoms with Gasteiger partial charge in [-0.25, -0.2) is 8.42 Å². The molecule has 4 nitrogen and oxygen atoms in total. The van der Waals surface area contributed by atoms with Crippen molar-refractivity contribution in [2.45, 2.75) is 30.6 Å². The largest absolute Gasteiger partial charge is 0.399 e. The van der Waals surface area contributed by atoms with Crippen LogP contribution < -0.4 is 5.73 Å². The Morgan fingerprint density at radius 3 is 2.22 bits per heavy atom. The zero-order valence-electron chi connectivity index (χ0n) is 10.4. The van der Waals surface area contributed by atoms with E-state index in [0.29, 0.717) is 11.3 Å². The van der Waals surface area contributed by atoms with Crippen LogP contribution in [0.5, 0.6) is 0 Å². The zero-order valence-corrected chi connectivity index (χ0v) is 12.0. The van der Waals surface area contributed by atoms with Crippen LogP contribution in [0.2, 0.25) is 0 Å². The highest BCUT2D eigenvalue weighted by molar-refractivity contribution is 7.94. The summed E-state index contributed by atoms with van der Waals surface area (Å²) in [6, 6.07) is 6.37. The molecule has 0 heterocycles. The lowest BCUT2D eigenvalue weighted by atomic mass is 10.0. The third-order valence-electron chi connectivity index (χ3n) is 3.04. The van der Waals surface area contributed by atoms with Gasteiger partial charge in [0.05, 0.1) is 0 Å². The minimum atomic E-state index is -3.58. The fourth-order valence-corrected chi connectivity index (χ4v) is 3.60. The average Bonchev–Trinajstić information content (AvgIpc) is 2.37. The Hall–Kier alpha value is -0.780. The van der Waals surface area contributed by atoms with Gasteiger partial charge in [-0.1, -0.05) is 37.6 Å². The second-order valence-corrected chi connectivity index (χ2v) is 7.55. The normalized spacial score (nSPS) is 17.1. The highest BCUT2D eigenvalue weighted by Crippen LogP contribution is 2.40. The second kappa shape index (κ2) is 5.47. The minimum Gasteiger partial charge on any atom is -0.399 e. The van der Waals surface area contributed by atoms with E-state index in [9.17, 15) is 13.5 Å². The van der Waals surface area contributed by atoms with E-state index < -0.39 is 20.1 Å². The van der Waals surface area contributed by atoms with Gasteiger partial charge in [0.25, 0.3) is 0 Å². The van der Waals surface area contributed by atoms with Crippen molar-refractivity contribution in [3.63, 3.8) is 0 Å². The number of anilines is 1. The van der Waals surface area contributed by atoms with Crippen molar-refractivity contribution in [3.8, 4) is 0 Å². The lowest BCUT2D eigenvalue weighted by molar-refractivity contribution is 0.154. The summed E-state index contributed by atoms with van der Waals surface area (Å²) in [5, 5.41) is 10.2. The molecular formula is C12H18ClNO3S. The van der Waals surface area contributed by atoms with Crippen molar-refractivity contribution in [1.82, 2.24) is 0 Å². The Bertz CT molecular complexity index is 501. The monoisotopic (exact) mass is 291 g/mol. The molecule has 0 bridgehead atoms. The summed E-state index contributed by atoms with van der Waals surface area (Å²) in [6.45, 7) is 3.15. The van der Waals surface area contributed by atoms with Crippen molar-refractivity contribution < 1.29 is 13.5 Å². The highest BCUT2D eigenvalue weighted by Gasteiger charge is 2.46. The fraction of sp³-hybridized carbons (Fsp3) is 0.500. The van der Waals surface area contributed by atoms with E-state index in [4.69, 9.17) is 17.3 Å². The molecule has 2 atom stereocenters. The summed E-state index contributed by atoms with van der Waals surface area (Å²) in [7, 11) is -3.58. The summed E-state index contributed by atoms with van der Waals surface area (Å²) in [5.74, 6) is -0.115. The predicted octanol–water partition coefficient (Wildman–Crippen LogP) is 2.08. The van der Waals surface area contributed by atoms with Crippen molar-refractivity contribution in [1.29, 1.82) is 0 Å². The molecule has 18 heavy (non-hydrogen) atoms. The number of hydrogen-bond acceptors (Lipinski definition) is 4. The van der Waals surface area contributed by atoms with Gasteiger partial charge in [0.1, 0.15) is 6.10 Å². The van der Waals surface area contributed by atoms with Crippen LogP contribution in [0, 0.1) is 0 Å². The molecule has 1 rings (SSSR count). The molecule has 0 amide bonds. The first-order chi connectivity index (χ1) is 8.28. The first-order valence-corrected chi connectivity index (χ1v) is 7.76. The molecule has 0 aliphatic heterocycles. The molecule has 0 fully saturated rings. The maximum absolute atomic E-state index is 12.0. The van der Waals surface area contributed by atoms with Crippen LogP contribution in [-0.4, -0.2) is 23.5 Å². The number of halogens is 1. The number of nitrogens with two attached hydrogens (primary N) is 1. The van der Waals surface area contributed by atoms with Gasteiger partial charge in [-0.2, -0.15) is 0 Å². The van der Waals surface area contributed by atoms with Crippen molar-refractivity contribution in [2.24, 2.45) is 0 Å². The van der Waals surface area contributed by atoms with E-state index in [1.807, 2.05) is 0 Å². The van der Waals surface area contributed by atoms with Gasteiger partial charge >= 0.3 is 0 Å². The number of hydrogen-bond donors (Lipinski definition) is 2. The number of aliphatic hydroxyl groups excluding tert-OH is 1. The molecule has 0 aliphatic rings. The predicted molar refractivity (Wildman–Crippen MR) is 74.2 cm³/mol. The van der Waals surface area contributed by atoms with Gasteiger partial charge in [0, 0.05) is 11.4 Å². The Morgan fingerprint density at radius 2 is 1.83 bits per heavy atom. The highest BCUT2D eigenvalue weighted by atomic mass is 35.5. The van der Waals surface area contributed by atoms with Crippen LogP contribution in [0.1, 0.15) is 31.9 Å². The molecule has 0 radical (unpaired) electrons. The van der Waals surface area contributed by atoms with Crippen LogP contribution in [-0.2, 0) is 9.84 Å². The summed E-state index contributed by atoms with van der Waals surface area (Å²) >= 11 is 6.17. The van der Waals surface area contributed by atoms with E-state index in [1.54, 1.807) is 31.2 Å². The lowest BCUT2D eigenvalue weighted by Gasteiger charge is -2.30. The van der Waals surface area contributed by atoms with Crippen molar-refractivity contribution >= 4 is 27.1 Å². The number of rotatable bonds is 5. The zero-order chi connectivity index (χ0) is 14.0. The lowest BCUT2D eigenvalue weighted by Crippen LogP contribution is -2.39. The number of nitrogen functional groups attached to an aromatic ring is 1. The van der Waals surface area contributed by atoms with Gasteiger partial charge in [-0.15, -0.1) is 0 Å². The van der Waals surface area contributed by atoms with Gasteiger partial charge in [0.15, 0.2) is 14.0 Å². The molecule has 3 N–H and O–H groups in total. The van der Waals surface area contributed by atoms with Crippen molar-refractivity contribution in [3.05, 3.63) is 29.8 Å². The van der Waals surface area contributed by atoms with Crippen LogP contribution >= 0.6 is 11.6 Å². The van der Waals surface area contributed by atoms with Crippen LogP contribution in [0.4, 0.5) is 5.69 Å². The Labute approximate surface area is 113 Å². The Kier molecular flexibility index (Phi) is 4.64. The second-order valence-electron chi connectivity index (χ2n) is 4.11. The smallest absolute Gasteiger partial charge is 0.175 e. The SMILES string of the molecule is CCC(Cl)(C(O)c1ccc(N)cc1)S(=O)(=O)CC. The molecule has 1 aromatic rings. The van der Waals surface area contributed by atoms with Crippen LogP contribution in [0.25, 0.3) is 0 Å². The third-order valence-corrected chi connectivity index (χ3v) is 6.52. The number of benzene rings is 1. The number of alkyl halides is 1. The minimum absolute atomic E-state index is 0.115. The standard InChI is InChI=1S/C12H18ClNO3S/c1-3-12(13,18(16,17)4-2)11(15)9-5-7-10(14)8-6-9/h5-8,11,15H,3-4,14H2,1-2H3. The molecular weight excluding hydrogens is 274 g/mol. The molecule has 0 aliphatic carbocycles. The molecule has 102 valence electrons. The van der Waals surface area contributed by atoms with E-state index >= 15 is 0 Å². The molecule has 0 aromatic heterocycles. The maximum atomic E-state index is 12.0. The maximum Gasteiger partial charge on any atom is 0.175 e. The molecule has 1 aromatic carbocycles. The molecule has 0 saturated heterocycles. The topological polar surface area (TPSA) is 80.4 Å². The van der Waals surface area contributed by atoms with Gasteiger partial charge in [-0.3, -0.25) is 0 Å². The van der Waals surface area contributed by atoms with Gasteiger partial charge in [-0.05, 0) is 24.1 Å². The van der Waals surface area contributed by atoms with Gasteiger partial charge in [0.2, 0.25) is 0 Å². The first kappa shape index (κ1) is 15.3. The van der Waals surface area contributed by atoms with Gasteiger partial charge < -0.3 is 10.8 Å².